The normalized spacial score (nSPS) is 15.9. The predicted molar refractivity (Wildman–Crippen MR) is 96.5 cm³/mol. The van der Waals surface area contributed by atoms with Crippen molar-refractivity contribution in [2.45, 2.75) is 0 Å². The van der Waals surface area contributed by atoms with Crippen molar-refractivity contribution in [2.24, 2.45) is 0 Å². The van der Waals surface area contributed by atoms with E-state index in [4.69, 9.17) is 4.42 Å². The monoisotopic (exact) mass is 421 g/mol. The maximum Gasteiger partial charge on any atom is 0.325 e. The van der Waals surface area contributed by atoms with Gasteiger partial charge in [-0.05, 0) is 36.0 Å². The summed E-state index contributed by atoms with van der Waals surface area (Å²) in [5.74, 6) is -0.112. The molecule has 2 amide bonds. The van der Waals surface area contributed by atoms with E-state index in [2.05, 4.69) is 20.7 Å². The third-order valence-electron chi connectivity index (χ3n) is 3.40. The van der Waals surface area contributed by atoms with E-state index in [1.54, 1.807) is 12.1 Å². The van der Waals surface area contributed by atoms with Crippen LogP contribution in [0.5, 0.6) is 0 Å². The molecule has 128 valence electrons. The van der Waals surface area contributed by atoms with Crippen molar-refractivity contribution in [1.29, 1.82) is 0 Å². The minimum atomic E-state index is -0.654. The van der Waals surface area contributed by atoms with E-state index in [9.17, 15) is 14.4 Å². The Hall–Kier alpha value is -2.32. The average Bonchev–Trinajstić information content (AvgIpc) is 3.15. The lowest BCUT2D eigenvalue weighted by Gasteiger charge is -2.09. The summed E-state index contributed by atoms with van der Waals surface area (Å²) in [4.78, 5) is 36.5. The van der Waals surface area contributed by atoms with Gasteiger partial charge in [0, 0.05) is 16.1 Å². The summed E-state index contributed by atoms with van der Waals surface area (Å²) in [5, 5.41) is -0.514. The van der Waals surface area contributed by atoms with Gasteiger partial charge in [-0.2, -0.15) is 0 Å². The van der Waals surface area contributed by atoms with Crippen molar-refractivity contribution in [1.82, 2.24) is 4.90 Å². The van der Waals surface area contributed by atoms with Crippen molar-refractivity contribution in [2.75, 3.05) is 13.7 Å². The summed E-state index contributed by atoms with van der Waals surface area (Å²) in [7, 11) is 1.20. The van der Waals surface area contributed by atoms with Crippen molar-refractivity contribution >= 4 is 50.9 Å². The van der Waals surface area contributed by atoms with Gasteiger partial charge in [-0.3, -0.25) is 19.3 Å². The minimum Gasteiger partial charge on any atom is -0.468 e. The Morgan fingerprint density at radius 2 is 2.12 bits per heavy atom. The Morgan fingerprint density at radius 1 is 1.32 bits per heavy atom. The molecule has 1 fully saturated rings. The van der Waals surface area contributed by atoms with E-state index in [-0.39, 0.29) is 4.91 Å². The van der Waals surface area contributed by atoms with E-state index in [0.717, 1.165) is 26.7 Å². The Bertz CT molecular complexity index is 889. The number of nitrogens with zero attached hydrogens (tertiary/aromatic N) is 1. The van der Waals surface area contributed by atoms with Crippen molar-refractivity contribution in [3.8, 4) is 11.3 Å². The van der Waals surface area contributed by atoms with Gasteiger partial charge in [0.2, 0.25) is 0 Å². The van der Waals surface area contributed by atoms with E-state index in [0.29, 0.717) is 11.5 Å². The molecule has 3 rings (SSSR count). The number of imide groups is 1. The number of carbonyl (C=O) groups is 3. The molecule has 0 radical (unpaired) electrons. The van der Waals surface area contributed by atoms with Gasteiger partial charge < -0.3 is 9.15 Å². The van der Waals surface area contributed by atoms with Crippen LogP contribution in [0.4, 0.5) is 4.79 Å². The number of amides is 2. The summed E-state index contributed by atoms with van der Waals surface area (Å²) < 4.78 is 11.1. The Kier molecular flexibility index (Phi) is 5.10. The average molecular weight is 422 g/mol. The van der Waals surface area contributed by atoms with Crippen LogP contribution >= 0.6 is 27.7 Å². The fourth-order valence-corrected chi connectivity index (χ4v) is 3.40. The number of thioether (sulfide) groups is 1. The van der Waals surface area contributed by atoms with Crippen LogP contribution in [0.15, 0.2) is 50.2 Å². The lowest BCUT2D eigenvalue weighted by molar-refractivity contribution is -0.143. The molecule has 8 heteroatoms. The summed E-state index contributed by atoms with van der Waals surface area (Å²) in [6, 6.07) is 11.1. The quantitative estimate of drug-likeness (QED) is 0.549. The first kappa shape index (κ1) is 17.5. The fraction of sp³-hybridized carbons (Fsp3) is 0.118. The second-order valence-corrected chi connectivity index (χ2v) is 6.97. The van der Waals surface area contributed by atoms with Gasteiger partial charge in [0.25, 0.3) is 11.1 Å². The topological polar surface area (TPSA) is 76.8 Å². The van der Waals surface area contributed by atoms with Crippen LogP contribution in [-0.2, 0) is 14.3 Å². The second kappa shape index (κ2) is 7.28. The second-order valence-electron chi connectivity index (χ2n) is 5.06. The van der Waals surface area contributed by atoms with Gasteiger partial charge in [-0.1, -0.05) is 28.1 Å². The summed E-state index contributed by atoms with van der Waals surface area (Å²) in [5.41, 5.74) is 0.882. The minimum absolute atomic E-state index is 0.198. The van der Waals surface area contributed by atoms with Crippen molar-refractivity contribution in [3.63, 3.8) is 0 Å². The van der Waals surface area contributed by atoms with Gasteiger partial charge in [0.1, 0.15) is 18.1 Å². The zero-order chi connectivity index (χ0) is 18.0. The van der Waals surface area contributed by atoms with Crippen LogP contribution in [0.3, 0.4) is 0 Å². The van der Waals surface area contributed by atoms with Gasteiger partial charge >= 0.3 is 5.97 Å². The number of methoxy groups -OCH3 is 1. The Labute approximate surface area is 155 Å². The highest BCUT2D eigenvalue weighted by molar-refractivity contribution is 9.10. The number of hydrogen-bond acceptors (Lipinski definition) is 6. The number of ether oxygens (including phenoxy) is 1. The van der Waals surface area contributed by atoms with Crippen LogP contribution in [-0.4, -0.2) is 35.7 Å². The molecule has 0 unspecified atom stereocenters. The first-order chi connectivity index (χ1) is 12.0. The van der Waals surface area contributed by atoms with Crippen LogP contribution < -0.4 is 0 Å². The van der Waals surface area contributed by atoms with E-state index >= 15 is 0 Å². The highest BCUT2D eigenvalue weighted by Crippen LogP contribution is 2.33. The zero-order valence-corrected chi connectivity index (χ0v) is 15.4. The highest BCUT2D eigenvalue weighted by atomic mass is 79.9. The fourth-order valence-electron chi connectivity index (χ4n) is 2.19. The highest BCUT2D eigenvalue weighted by Gasteiger charge is 2.36. The summed E-state index contributed by atoms with van der Waals surface area (Å²) in [6.45, 7) is -0.403. The van der Waals surface area contributed by atoms with Crippen LogP contribution in [0.25, 0.3) is 17.4 Å². The van der Waals surface area contributed by atoms with Crippen molar-refractivity contribution in [3.05, 3.63) is 51.5 Å². The van der Waals surface area contributed by atoms with Crippen LogP contribution in [0.2, 0.25) is 0 Å². The zero-order valence-electron chi connectivity index (χ0n) is 13.0. The van der Waals surface area contributed by atoms with E-state index < -0.39 is 23.7 Å². The molecule has 1 aliphatic rings. The maximum absolute atomic E-state index is 12.3. The molecular weight excluding hydrogens is 410 g/mol. The molecule has 6 nitrogen and oxygen atoms in total. The predicted octanol–water partition coefficient (Wildman–Crippen LogP) is 3.92. The molecule has 1 saturated heterocycles. The molecule has 0 aliphatic carbocycles. The van der Waals surface area contributed by atoms with Gasteiger partial charge in [0.15, 0.2) is 0 Å². The first-order valence-electron chi connectivity index (χ1n) is 7.16. The van der Waals surface area contributed by atoms with Crippen LogP contribution in [0, 0.1) is 0 Å². The molecule has 1 aromatic carbocycles. The molecule has 1 aromatic heterocycles. The number of halogens is 1. The molecule has 0 bridgehead atoms. The van der Waals surface area contributed by atoms with Gasteiger partial charge in [-0.15, -0.1) is 0 Å². The molecule has 0 atom stereocenters. The third kappa shape index (κ3) is 3.85. The maximum atomic E-state index is 12.3. The molecule has 25 heavy (non-hydrogen) atoms. The summed E-state index contributed by atoms with van der Waals surface area (Å²) >= 11 is 4.16. The number of esters is 1. The lowest BCUT2D eigenvalue weighted by atomic mass is 10.2. The number of hydrogen-bond donors (Lipinski definition) is 0. The largest absolute Gasteiger partial charge is 0.468 e. The molecule has 2 heterocycles. The molecule has 0 spiro atoms. The third-order valence-corrected chi connectivity index (χ3v) is 4.80. The Balaban J connectivity index is 1.81. The van der Waals surface area contributed by atoms with E-state index in [1.807, 2.05) is 24.3 Å². The first-order valence-corrected chi connectivity index (χ1v) is 8.77. The SMILES string of the molecule is COC(=O)CN1C(=O)SC(=Cc2ccc(-c3cccc(Br)c3)o2)C1=O. The molecule has 1 aliphatic heterocycles. The summed E-state index contributed by atoms with van der Waals surface area (Å²) in [6.07, 6.45) is 1.49. The standard InChI is InChI=1S/C17H12BrNO5S/c1-23-15(20)9-19-16(21)14(25-17(19)22)8-12-5-6-13(24-12)10-3-2-4-11(18)7-10/h2-8H,9H2,1H3. The van der Waals surface area contributed by atoms with Gasteiger partial charge in [0.05, 0.1) is 12.0 Å². The smallest absolute Gasteiger partial charge is 0.325 e. The van der Waals surface area contributed by atoms with E-state index in [1.165, 1.54) is 13.2 Å². The number of benzene rings is 1. The molecule has 0 N–H and O–H groups in total. The number of carbonyl (C=O) groups excluding carboxylic acids is 3. The Morgan fingerprint density at radius 3 is 2.84 bits per heavy atom. The van der Waals surface area contributed by atoms with Crippen molar-refractivity contribution < 1.29 is 23.5 Å². The molecule has 0 saturated carbocycles. The number of furan rings is 1. The van der Waals surface area contributed by atoms with Gasteiger partial charge in [-0.25, -0.2) is 0 Å². The molecular formula is C17H12BrNO5S. The van der Waals surface area contributed by atoms with Crippen LogP contribution in [0.1, 0.15) is 5.76 Å². The number of rotatable bonds is 4. The lowest BCUT2D eigenvalue weighted by Crippen LogP contribution is -2.34. The molecule has 2 aromatic rings.